The Balaban J connectivity index is 1.17. The number of nitrogens with one attached hydrogen (secondary N) is 1. The fourth-order valence-electron chi connectivity index (χ4n) is 5.40. The van der Waals surface area contributed by atoms with E-state index < -0.39 is 4.92 Å². The van der Waals surface area contributed by atoms with Gasteiger partial charge < -0.3 is 19.4 Å². The minimum atomic E-state index is -0.392. The number of rotatable bonds is 7. The Kier molecular flexibility index (Phi) is 6.43. The molecule has 1 N–H and O–H groups in total. The maximum atomic E-state index is 13.6. The lowest BCUT2D eigenvalue weighted by Crippen LogP contribution is -2.48. The van der Waals surface area contributed by atoms with E-state index in [1.54, 1.807) is 12.1 Å². The molecule has 1 aromatic heterocycles. The van der Waals surface area contributed by atoms with Gasteiger partial charge in [-0.15, -0.1) is 0 Å². The number of fused-ring (bicyclic) bond motifs is 2. The van der Waals surface area contributed by atoms with Gasteiger partial charge >= 0.3 is 0 Å². The molecule has 9 heteroatoms. The number of hydrogen-bond donors (Lipinski definition) is 1. The van der Waals surface area contributed by atoms with E-state index in [1.165, 1.54) is 6.07 Å². The number of aromatic nitrogens is 1. The van der Waals surface area contributed by atoms with E-state index in [0.717, 1.165) is 58.7 Å². The molecule has 3 aromatic carbocycles. The number of carbonyl (C=O) groups excluding carboxylic acids is 1. The van der Waals surface area contributed by atoms with Crippen molar-refractivity contribution in [2.75, 3.05) is 33.0 Å². The Bertz CT molecular complexity index is 1490. The minimum absolute atomic E-state index is 0.0249. The highest BCUT2D eigenvalue weighted by Gasteiger charge is 2.28. The lowest BCUT2D eigenvalue weighted by molar-refractivity contribution is -0.384. The number of H-pyrrole nitrogens is 1. The highest BCUT2D eigenvalue weighted by atomic mass is 16.7. The lowest BCUT2D eigenvalue weighted by atomic mass is 9.87. The van der Waals surface area contributed by atoms with E-state index in [-0.39, 0.29) is 30.7 Å². The van der Waals surface area contributed by atoms with Crippen molar-refractivity contribution in [3.63, 3.8) is 0 Å². The predicted octanol–water partition coefficient (Wildman–Crippen LogP) is 4.67. The molecule has 3 heterocycles. The van der Waals surface area contributed by atoms with Gasteiger partial charge in [0.1, 0.15) is 0 Å². The van der Waals surface area contributed by atoms with Gasteiger partial charge in [-0.25, -0.2) is 0 Å². The number of aromatic amines is 1. The summed E-state index contributed by atoms with van der Waals surface area (Å²) in [5.74, 6) is 1.30. The largest absolute Gasteiger partial charge is 0.454 e. The molecule has 0 saturated carbocycles. The topological polar surface area (TPSA) is 101 Å². The number of non-ortho nitro benzene ring substituents is 1. The molecule has 9 nitrogen and oxygen atoms in total. The number of benzene rings is 3. The van der Waals surface area contributed by atoms with E-state index >= 15 is 0 Å². The van der Waals surface area contributed by atoms with Crippen LogP contribution in [0.15, 0.2) is 72.9 Å². The lowest BCUT2D eigenvalue weighted by Gasteiger charge is -2.35. The predicted molar refractivity (Wildman–Crippen MR) is 142 cm³/mol. The maximum Gasteiger partial charge on any atom is 0.269 e. The van der Waals surface area contributed by atoms with Gasteiger partial charge in [0.25, 0.3) is 5.69 Å². The van der Waals surface area contributed by atoms with Crippen LogP contribution in [0, 0.1) is 10.1 Å². The molecule has 1 amide bonds. The second-order valence-electron chi connectivity index (χ2n) is 9.74. The molecule has 0 bridgehead atoms. The molecular formula is C29H28N4O5. The standard InChI is InChI=1S/C29H28N4O5/c34-29(32-12-10-31(11-13-32)18-20-8-9-27-28(14-20)38-19-37-27)16-24(21-4-3-5-22(15-21)33(35)36)25-17-30-26-7-2-1-6-23(25)26/h1-9,14-15,17,24,30H,10-13,16,18-19H2. The van der Waals surface area contributed by atoms with Crippen molar-refractivity contribution in [2.24, 2.45) is 0 Å². The first-order valence-corrected chi connectivity index (χ1v) is 12.7. The first-order valence-electron chi connectivity index (χ1n) is 12.7. The first-order chi connectivity index (χ1) is 18.5. The number of hydrogen-bond acceptors (Lipinski definition) is 6. The highest BCUT2D eigenvalue weighted by Crippen LogP contribution is 2.36. The average molecular weight is 513 g/mol. The molecule has 38 heavy (non-hydrogen) atoms. The van der Waals surface area contributed by atoms with E-state index in [0.29, 0.717) is 13.1 Å². The molecule has 194 valence electrons. The van der Waals surface area contributed by atoms with Crippen molar-refractivity contribution in [3.05, 3.63) is 99.7 Å². The number of para-hydroxylation sites is 1. The third-order valence-corrected chi connectivity index (χ3v) is 7.43. The maximum absolute atomic E-state index is 13.6. The normalized spacial score (nSPS) is 16.1. The summed E-state index contributed by atoms with van der Waals surface area (Å²) in [5, 5.41) is 12.5. The molecule has 2 aliphatic rings. The van der Waals surface area contributed by atoms with Gasteiger partial charge in [0, 0.05) is 74.3 Å². The van der Waals surface area contributed by atoms with Gasteiger partial charge in [0.2, 0.25) is 12.7 Å². The van der Waals surface area contributed by atoms with Crippen molar-refractivity contribution < 1.29 is 19.2 Å². The van der Waals surface area contributed by atoms with Gasteiger partial charge in [-0.3, -0.25) is 19.8 Å². The number of amides is 1. The molecule has 1 saturated heterocycles. The third-order valence-electron chi connectivity index (χ3n) is 7.43. The Morgan fingerprint density at radius 3 is 2.63 bits per heavy atom. The van der Waals surface area contributed by atoms with E-state index in [4.69, 9.17) is 9.47 Å². The highest BCUT2D eigenvalue weighted by molar-refractivity contribution is 5.86. The summed E-state index contributed by atoms with van der Waals surface area (Å²) in [6.45, 7) is 3.86. The summed E-state index contributed by atoms with van der Waals surface area (Å²) in [5.41, 5.74) is 3.88. The smallest absolute Gasteiger partial charge is 0.269 e. The van der Waals surface area contributed by atoms with Gasteiger partial charge in [0.05, 0.1) is 4.92 Å². The molecular weight excluding hydrogens is 484 g/mol. The summed E-state index contributed by atoms with van der Waals surface area (Å²) in [6, 6.07) is 20.6. The Morgan fingerprint density at radius 2 is 1.79 bits per heavy atom. The van der Waals surface area contributed by atoms with Crippen molar-refractivity contribution in [1.29, 1.82) is 0 Å². The average Bonchev–Trinajstić information content (AvgIpc) is 3.59. The van der Waals surface area contributed by atoms with Crippen LogP contribution in [-0.4, -0.2) is 58.6 Å². The fourth-order valence-corrected chi connectivity index (χ4v) is 5.40. The summed E-state index contributed by atoms with van der Waals surface area (Å²) >= 11 is 0. The molecule has 0 aliphatic carbocycles. The van der Waals surface area contributed by atoms with Crippen molar-refractivity contribution >= 4 is 22.5 Å². The number of carbonyl (C=O) groups is 1. The zero-order valence-corrected chi connectivity index (χ0v) is 20.8. The molecule has 2 aliphatic heterocycles. The minimum Gasteiger partial charge on any atom is -0.454 e. The summed E-state index contributed by atoms with van der Waals surface area (Å²) in [4.78, 5) is 32.2. The Labute approximate surface area is 219 Å². The van der Waals surface area contributed by atoms with Gasteiger partial charge in [-0.2, -0.15) is 0 Å². The van der Waals surface area contributed by atoms with Crippen molar-refractivity contribution in [1.82, 2.24) is 14.8 Å². The van der Waals surface area contributed by atoms with Crippen LogP contribution in [0.25, 0.3) is 10.9 Å². The van der Waals surface area contributed by atoms with Crippen LogP contribution in [0.4, 0.5) is 5.69 Å². The monoisotopic (exact) mass is 512 g/mol. The molecule has 0 spiro atoms. The van der Waals surface area contributed by atoms with Crippen molar-refractivity contribution in [2.45, 2.75) is 18.9 Å². The molecule has 1 unspecified atom stereocenters. The van der Waals surface area contributed by atoms with Crippen LogP contribution in [0.5, 0.6) is 11.5 Å². The Morgan fingerprint density at radius 1 is 0.974 bits per heavy atom. The van der Waals surface area contributed by atoms with Gasteiger partial charge in [0.15, 0.2) is 11.5 Å². The second-order valence-corrected chi connectivity index (χ2v) is 9.74. The summed E-state index contributed by atoms with van der Waals surface area (Å²) in [7, 11) is 0. The number of piperazine rings is 1. The molecule has 6 rings (SSSR count). The summed E-state index contributed by atoms with van der Waals surface area (Å²) in [6.07, 6.45) is 2.16. The van der Waals surface area contributed by atoms with Crippen LogP contribution >= 0.6 is 0 Å². The van der Waals surface area contributed by atoms with Crippen LogP contribution < -0.4 is 9.47 Å². The SMILES string of the molecule is O=C(CC(c1cccc([N+](=O)[O-])c1)c1c[nH]c2ccccc12)N1CCN(Cc2ccc3c(c2)OCO3)CC1. The number of nitro benzene ring substituents is 1. The second kappa shape index (κ2) is 10.2. The van der Waals surface area contributed by atoms with Crippen LogP contribution in [0.1, 0.15) is 29.0 Å². The van der Waals surface area contributed by atoms with Gasteiger partial charge in [-0.05, 0) is 34.9 Å². The van der Waals surface area contributed by atoms with Crippen LogP contribution in [-0.2, 0) is 11.3 Å². The zero-order valence-electron chi connectivity index (χ0n) is 20.8. The van der Waals surface area contributed by atoms with Crippen LogP contribution in [0.3, 0.4) is 0 Å². The third kappa shape index (κ3) is 4.80. The van der Waals surface area contributed by atoms with E-state index in [9.17, 15) is 14.9 Å². The van der Waals surface area contributed by atoms with Crippen LogP contribution in [0.2, 0.25) is 0 Å². The van der Waals surface area contributed by atoms with Crippen molar-refractivity contribution in [3.8, 4) is 11.5 Å². The molecule has 1 atom stereocenters. The molecule has 0 radical (unpaired) electrons. The quantitative estimate of drug-likeness (QED) is 0.285. The fraction of sp³-hybridized carbons (Fsp3) is 0.276. The Hall–Kier alpha value is -4.37. The van der Waals surface area contributed by atoms with E-state index in [2.05, 4.69) is 16.0 Å². The van der Waals surface area contributed by atoms with Gasteiger partial charge in [-0.1, -0.05) is 36.4 Å². The summed E-state index contributed by atoms with van der Waals surface area (Å²) < 4.78 is 10.9. The van der Waals surface area contributed by atoms with E-state index in [1.807, 2.05) is 53.6 Å². The molecule has 4 aromatic rings. The number of nitrogens with zero attached hydrogens (tertiary/aromatic N) is 3. The zero-order chi connectivity index (χ0) is 26.1. The number of nitro groups is 1. The first kappa shape index (κ1) is 24.0. The number of ether oxygens (including phenoxy) is 2. The molecule has 1 fully saturated rings.